The van der Waals surface area contributed by atoms with Gasteiger partial charge in [0.15, 0.2) is 17.3 Å². The minimum absolute atomic E-state index is 0.0200. The summed E-state index contributed by atoms with van der Waals surface area (Å²) in [5.41, 5.74) is 1.82. The highest BCUT2D eigenvalue weighted by Crippen LogP contribution is 2.31. The van der Waals surface area contributed by atoms with Gasteiger partial charge in [-0.15, -0.1) is 0 Å². The Morgan fingerprint density at radius 2 is 1.49 bits per heavy atom. The number of H-pyrrole nitrogens is 1. The number of carbonyl (C=O) groups is 11. The Morgan fingerprint density at radius 3 is 2.20 bits per heavy atom. The van der Waals surface area contributed by atoms with Gasteiger partial charge in [0, 0.05) is 156 Å². The van der Waals surface area contributed by atoms with Gasteiger partial charge >= 0.3 is 17.9 Å². The molecule has 7 rings (SSSR count). The molecule has 29 heteroatoms. The van der Waals surface area contributed by atoms with E-state index in [9.17, 15) is 73.5 Å². The first-order valence-electron chi connectivity index (χ1n) is 32.9. The summed E-state index contributed by atoms with van der Waals surface area (Å²) in [5.74, 6) is -11.8. The van der Waals surface area contributed by atoms with Gasteiger partial charge in [0.1, 0.15) is 17.8 Å². The summed E-state index contributed by atoms with van der Waals surface area (Å²) in [6.07, 6.45) is -0.924. The maximum atomic E-state index is 15.1. The third-order valence-corrected chi connectivity index (χ3v) is 21.0. The number of aromatic amines is 1. The molecule has 3 aromatic rings. The first-order valence-corrected chi connectivity index (χ1v) is 35.7. The molecule has 4 aliphatic heterocycles. The van der Waals surface area contributed by atoms with Gasteiger partial charge in [0.2, 0.25) is 29.5 Å². The number of aliphatic hydroxyl groups excluding tert-OH is 1. The van der Waals surface area contributed by atoms with Crippen LogP contribution in [0, 0.1) is 23.7 Å². The summed E-state index contributed by atoms with van der Waals surface area (Å²) >= 11 is 6.25. The van der Waals surface area contributed by atoms with E-state index in [1.165, 1.54) is 29.0 Å². The number of nitrogens with one attached hydrogen (secondary N) is 5. The second-order valence-corrected chi connectivity index (χ2v) is 29.0. The molecule has 2 bridgehead atoms. The number of fused-ring (bicyclic) bond motifs is 5. The average Bonchev–Trinajstić information content (AvgIpc) is 1.72. The number of hydrogen-bond acceptors (Lipinski definition) is 19. The number of carboxylic acids is 3. The normalized spacial score (nSPS) is 24.9. The molecule has 1 aromatic heterocycles. The summed E-state index contributed by atoms with van der Waals surface area (Å²) in [6, 6.07) is 5.91. The van der Waals surface area contributed by atoms with Crippen molar-refractivity contribution >= 4 is 109 Å². The number of halogens is 1. The van der Waals surface area contributed by atoms with Gasteiger partial charge in [-0.2, -0.15) is 0 Å². The highest BCUT2D eigenvalue weighted by Gasteiger charge is 2.43. The molecule has 5 heterocycles. The summed E-state index contributed by atoms with van der Waals surface area (Å²) in [4.78, 5) is 165. The van der Waals surface area contributed by atoms with E-state index in [-0.39, 0.29) is 85.7 Å². The molecular weight excluding hydrogens is 1290 g/mol. The Balaban J connectivity index is 1.12. The van der Waals surface area contributed by atoms with Crippen LogP contribution in [0.15, 0.2) is 48.7 Å². The molecule has 522 valence electrons. The quantitative estimate of drug-likeness (QED) is 0.0646. The standard InChI is InChI=1S/C66H93ClN10O16S2/c1-40(2)26-44-29-47(78)35-69-62(88)45(27-42-10-13-56(80)50(67)28-42)32-58(82)55-33-48(79)36-77(55)65(91)53(39-95-94-38-41(3)70-64(44)90)72-63(89)43(11-15-60(84)85)31-57(81)52(30-46-34-68-51-9-5-4-8-49(46)51)71-59(83)14-12-54(66(92)93)76-19-7-17-73-20-21-74(24-25-76)16-6-18-75(23-22-73)37-61(86)87/h4-5,8-10,13,28,34,40-41,43-45,48,52-55,68,79-80H,6-7,11-12,14-27,29-33,35-39H2,1-3H3,(H,69,88)(H,70,90)(H,71,83)(H,72,89)(H,84,85)(H,86,87)(H,92,93)/t41-,43+,44-,45-,48-,52+,53+,54?,55+/m1/s1. The number of amides is 5. The number of hydrogen-bond donors (Lipinski definition) is 10. The van der Waals surface area contributed by atoms with Crippen molar-refractivity contribution < 1.29 is 78.3 Å². The van der Waals surface area contributed by atoms with E-state index < -0.39 is 145 Å². The summed E-state index contributed by atoms with van der Waals surface area (Å²) in [6.45, 7) is 10.8. The van der Waals surface area contributed by atoms with Crippen LogP contribution >= 0.6 is 33.2 Å². The molecule has 0 spiro atoms. The lowest BCUT2D eigenvalue weighted by atomic mass is 9.90. The SMILES string of the molecule is CC(C)C[C@@H]1CC(=O)CNC(=O)[C@H](Cc2ccc(O)c(Cl)c2)CC(=O)[C@@H]2C[C@@H](O)CN2C(=O)[C@@H](NC(=O)[C@@H](CCC(=O)O)CC(=O)[C@H](Cc2c[nH]c3ccccc23)NC(=O)CCC(C(=O)O)N2CCCN3CCN(CCCN(CC(=O)O)CC3)CC2)CSSC[C@@H](C)NC1=O. The minimum atomic E-state index is -1.46. The Morgan fingerprint density at radius 1 is 0.789 bits per heavy atom. The third kappa shape index (κ3) is 23.8. The van der Waals surface area contributed by atoms with E-state index in [4.69, 9.17) is 11.6 Å². The molecule has 11 atom stereocenters. The van der Waals surface area contributed by atoms with E-state index in [0.29, 0.717) is 76.3 Å². The minimum Gasteiger partial charge on any atom is -0.506 e. The first kappa shape index (κ1) is 75.7. The number of para-hydroxylation sites is 1. The number of phenols is 1. The zero-order valence-electron chi connectivity index (χ0n) is 54.3. The number of aliphatic hydroxyl groups is 1. The Kier molecular flexibility index (Phi) is 29.6. The van der Waals surface area contributed by atoms with E-state index in [1.54, 1.807) is 19.2 Å². The largest absolute Gasteiger partial charge is 0.506 e. The van der Waals surface area contributed by atoms with Crippen molar-refractivity contribution in [3.05, 3.63) is 64.8 Å². The number of benzene rings is 2. The molecule has 3 unspecified atom stereocenters. The van der Waals surface area contributed by atoms with Crippen LogP contribution in [0.25, 0.3) is 10.9 Å². The molecule has 4 aliphatic rings. The number of aliphatic carboxylic acids is 3. The number of aromatic hydroxyl groups is 1. The van der Waals surface area contributed by atoms with Gasteiger partial charge in [-0.05, 0) is 93.8 Å². The Labute approximate surface area is 566 Å². The fourth-order valence-electron chi connectivity index (χ4n) is 13.0. The number of nitrogens with zero attached hydrogens (tertiary/aromatic N) is 5. The number of Topliss-reactive ketones (excluding diaryl/α,β-unsaturated/α-hetero) is 3. The first-order chi connectivity index (χ1) is 45.3. The molecule has 10 N–H and O–H groups in total. The van der Waals surface area contributed by atoms with Crippen molar-refractivity contribution in [3.63, 3.8) is 0 Å². The van der Waals surface area contributed by atoms with Crippen LogP contribution in [0.1, 0.15) is 103 Å². The van der Waals surface area contributed by atoms with E-state index in [2.05, 4.69) is 36.1 Å². The third-order valence-electron chi connectivity index (χ3n) is 18.1. The highest BCUT2D eigenvalue weighted by molar-refractivity contribution is 8.76. The molecule has 0 radical (unpaired) electrons. The predicted octanol–water partition coefficient (Wildman–Crippen LogP) is 3.23. The lowest BCUT2D eigenvalue weighted by Crippen LogP contribution is -2.54. The van der Waals surface area contributed by atoms with Crippen molar-refractivity contribution in [2.45, 2.75) is 141 Å². The van der Waals surface area contributed by atoms with Crippen LogP contribution in [-0.2, 0) is 65.6 Å². The number of carbonyl (C=O) groups excluding carboxylic acids is 8. The van der Waals surface area contributed by atoms with Gasteiger partial charge in [-0.25, -0.2) is 0 Å². The Hall–Kier alpha value is -6.66. The Bertz CT molecular complexity index is 3190. The molecular formula is C66H93ClN10O16S2. The average molecular weight is 1380 g/mol. The molecule has 5 amide bonds. The van der Waals surface area contributed by atoms with Crippen LogP contribution in [-0.4, -0.2) is 253 Å². The number of rotatable bonds is 22. The summed E-state index contributed by atoms with van der Waals surface area (Å²) < 4.78 is 0. The van der Waals surface area contributed by atoms with Crippen molar-refractivity contribution in [2.24, 2.45) is 23.7 Å². The smallest absolute Gasteiger partial charge is 0.320 e. The van der Waals surface area contributed by atoms with Gasteiger partial charge in [0.25, 0.3) is 0 Å². The van der Waals surface area contributed by atoms with Crippen LogP contribution in [0.4, 0.5) is 0 Å². The lowest BCUT2D eigenvalue weighted by Gasteiger charge is -2.37. The molecule has 0 saturated carbocycles. The van der Waals surface area contributed by atoms with Gasteiger partial charge in [0.05, 0.1) is 36.3 Å². The fraction of sp³-hybridized carbons (Fsp3) is 0.621. The fourth-order valence-corrected chi connectivity index (χ4v) is 15.6. The van der Waals surface area contributed by atoms with Crippen molar-refractivity contribution in [2.75, 3.05) is 96.6 Å². The topological polar surface area (TPSA) is 369 Å². The maximum Gasteiger partial charge on any atom is 0.320 e. The second-order valence-electron chi connectivity index (χ2n) is 26.1. The van der Waals surface area contributed by atoms with Crippen LogP contribution < -0.4 is 21.3 Å². The van der Waals surface area contributed by atoms with Crippen molar-refractivity contribution in [1.29, 1.82) is 0 Å². The van der Waals surface area contributed by atoms with Gasteiger partial charge in [-0.1, -0.05) is 71.3 Å². The van der Waals surface area contributed by atoms with Crippen LogP contribution in [0.2, 0.25) is 5.02 Å². The van der Waals surface area contributed by atoms with Gasteiger partial charge in [-0.3, -0.25) is 62.5 Å². The number of phenolic OH excluding ortho intramolecular Hbond substituents is 1. The molecule has 26 nitrogen and oxygen atoms in total. The van der Waals surface area contributed by atoms with Crippen molar-refractivity contribution in [1.82, 2.24) is 50.8 Å². The highest BCUT2D eigenvalue weighted by atomic mass is 35.5. The van der Waals surface area contributed by atoms with Crippen molar-refractivity contribution in [3.8, 4) is 5.75 Å². The monoisotopic (exact) mass is 1380 g/mol. The summed E-state index contributed by atoms with van der Waals surface area (Å²) in [7, 11) is 2.40. The number of aromatic nitrogens is 1. The predicted molar refractivity (Wildman–Crippen MR) is 358 cm³/mol. The molecule has 4 fully saturated rings. The maximum absolute atomic E-state index is 15.1. The number of carboxylic acid groups (broad SMARTS) is 3. The summed E-state index contributed by atoms with van der Waals surface area (Å²) in [5, 5.41) is 63.5. The van der Waals surface area contributed by atoms with Gasteiger partial charge < -0.3 is 66.5 Å². The number of ketones is 3. The van der Waals surface area contributed by atoms with E-state index >= 15 is 4.79 Å². The molecule has 0 aliphatic carbocycles. The molecule has 4 saturated heterocycles. The zero-order valence-corrected chi connectivity index (χ0v) is 56.7. The zero-order chi connectivity index (χ0) is 68.9. The molecule has 2 aromatic carbocycles. The lowest BCUT2D eigenvalue weighted by molar-refractivity contribution is -0.144. The van der Waals surface area contributed by atoms with Crippen LogP contribution in [0.5, 0.6) is 5.75 Å². The second kappa shape index (κ2) is 37.2. The van der Waals surface area contributed by atoms with E-state index in [1.807, 2.05) is 41.8 Å². The van der Waals surface area contributed by atoms with Crippen LogP contribution in [0.3, 0.4) is 0 Å². The molecule has 95 heavy (non-hydrogen) atoms. The van der Waals surface area contributed by atoms with E-state index in [0.717, 1.165) is 46.1 Å².